The molecule has 128 valence electrons. The second-order valence-corrected chi connectivity index (χ2v) is 6.31. The van der Waals surface area contributed by atoms with Crippen molar-refractivity contribution < 1.29 is 4.79 Å². The predicted molar refractivity (Wildman–Crippen MR) is 119 cm³/mol. The van der Waals surface area contributed by atoms with Crippen LogP contribution in [0.25, 0.3) is 10.9 Å². The van der Waals surface area contributed by atoms with Crippen molar-refractivity contribution in [2.24, 2.45) is 0 Å². The van der Waals surface area contributed by atoms with E-state index in [-0.39, 0.29) is 12.1 Å². The maximum Gasteiger partial charge on any atom is 0.257 e. The number of hydrogen-bond acceptors (Lipinski definition) is 2. The number of carbonyl (C=O) groups excluding carboxylic acids is 1. The lowest BCUT2D eigenvalue weighted by atomic mass is 9.96. The highest BCUT2D eigenvalue weighted by atomic mass is 128. The summed E-state index contributed by atoms with van der Waals surface area (Å²) in [5.41, 5.74) is 5.46. The molecule has 0 radical (unpaired) electrons. The number of aromatic amines is 1. The molecule has 2 aromatic carbocycles. The third-order valence-electron chi connectivity index (χ3n) is 5.14. The van der Waals surface area contributed by atoms with Crippen LogP contribution in [0.15, 0.2) is 48.5 Å². The standard InChI is InChI=1S/C19H17N3O.I2/c1-21-16-9-5-3-7-14(16)19(23)22-11-10-13-12-6-2-4-8-15(12)20-17(13)18(21)22;1-2/h2-9,18,20H,10-11H2,1H3;. The molecule has 0 aliphatic carbocycles. The molecule has 2 aliphatic rings. The number of amides is 1. The van der Waals surface area contributed by atoms with Gasteiger partial charge in [-0.15, -0.1) is 0 Å². The smallest absolute Gasteiger partial charge is 0.257 e. The molecule has 4 nitrogen and oxygen atoms in total. The van der Waals surface area contributed by atoms with Crippen LogP contribution in [0, 0.1) is 0 Å². The van der Waals surface area contributed by atoms with Crippen molar-refractivity contribution in [2.75, 3.05) is 18.5 Å². The first-order valence-corrected chi connectivity index (χ1v) is 14.4. The number of H-pyrrole nitrogens is 1. The van der Waals surface area contributed by atoms with Gasteiger partial charge in [-0.3, -0.25) is 4.79 Å². The normalized spacial score (nSPS) is 18.2. The van der Waals surface area contributed by atoms with Gasteiger partial charge in [-0.2, -0.15) is 0 Å². The number of aromatic nitrogens is 1. The van der Waals surface area contributed by atoms with Crippen LogP contribution in [0.3, 0.4) is 0 Å². The highest BCUT2D eigenvalue weighted by Gasteiger charge is 2.41. The fourth-order valence-corrected chi connectivity index (χ4v) is 4.08. The number of benzene rings is 2. The number of para-hydroxylation sites is 2. The van der Waals surface area contributed by atoms with Crippen molar-refractivity contribution in [2.45, 2.75) is 12.6 Å². The van der Waals surface area contributed by atoms with E-state index in [9.17, 15) is 4.79 Å². The molecular weight excluding hydrogens is 540 g/mol. The van der Waals surface area contributed by atoms with E-state index in [2.05, 4.69) is 72.4 Å². The lowest BCUT2D eigenvalue weighted by Gasteiger charge is -2.46. The second kappa shape index (κ2) is 6.79. The summed E-state index contributed by atoms with van der Waals surface area (Å²) < 4.78 is 0. The SMILES string of the molecule is CN1c2ccccc2C(=O)N2CCc3c([nH]c4ccccc34)C21.II. The Morgan fingerprint density at radius 2 is 1.80 bits per heavy atom. The zero-order chi connectivity index (χ0) is 17.6. The highest BCUT2D eigenvalue weighted by molar-refractivity contribution is 15.0. The minimum absolute atomic E-state index is 0.0476. The van der Waals surface area contributed by atoms with Crippen LogP contribution in [-0.4, -0.2) is 29.4 Å². The fourth-order valence-electron chi connectivity index (χ4n) is 4.08. The molecule has 25 heavy (non-hydrogen) atoms. The molecule has 2 aliphatic heterocycles. The van der Waals surface area contributed by atoms with Crippen molar-refractivity contribution >= 4 is 59.7 Å². The van der Waals surface area contributed by atoms with Gasteiger partial charge in [0, 0.05) is 61.7 Å². The molecule has 0 saturated carbocycles. The summed E-state index contributed by atoms with van der Waals surface area (Å²) in [6.45, 7) is 0.761. The Hall–Kier alpha value is -1.29. The van der Waals surface area contributed by atoms with E-state index in [1.54, 1.807) is 0 Å². The van der Waals surface area contributed by atoms with Gasteiger partial charge in [0.25, 0.3) is 5.91 Å². The molecule has 1 atom stereocenters. The predicted octanol–water partition coefficient (Wildman–Crippen LogP) is 5.09. The number of carbonyl (C=O) groups is 1. The minimum Gasteiger partial charge on any atom is -0.355 e. The lowest BCUT2D eigenvalue weighted by Crippen LogP contribution is -2.51. The first-order valence-electron chi connectivity index (χ1n) is 8.12. The van der Waals surface area contributed by atoms with E-state index in [0.717, 1.165) is 35.4 Å². The van der Waals surface area contributed by atoms with Crippen molar-refractivity contribution in [1.29, 1.82) is 0 Å². The Morgan fingerprint density at radius 1 is 1.08 bits per heavy atom. The van der Waals surface area contributed by atoms with Crippen LogP contribution in [0.5, 0.6) is 0 Å². The molecule has 1 amide bonds. The zero-order valence-corrected chi connectivity index (χ0v) is 18.0. The van der Waals surface area contributed by atoms with Crippen LogP contribution in [0.1, 0.15) is 27.8 Å². The van der Waals surface area contributed by atoms with E-state index in [0.29, 0.717) is 0 Å². The second-order valence-electron chi connectivity index (χ2n) is 6.31. The summed E-state index contributed by atoms with van der Waals surface area (Å²) in [6, 6.07) is 16.3. The number of fused-ring (bicyclic) bond motifs is 6. The van der Waals surface area contributed by atoms with Crippen LogP contribution in [0.4, 0.5) is 5.69 Å². The number of halogens is 2. The van der Waals surface area contributed by atoms with Crippen LogP contribution >= 0.6 is 37.2 Å². The molecular formula is C19H17I2N3O. The van der Waals surface area contributed by atoms with Crippen LogP contribution in [0.2, 0.25) is 0 Å². The van der Waals surface area contributed by atoms with E-state index in [1.807, 2.05) is 35.2 Å². The van der Waals surface area contributed by atoms with Crippen LogP contribution in [-0.2, 0) is 6.42 Å². The topological polar surface area (TPSA) is 39.3 Å². The first-order chi connectivity index (χ1) is 12.3. The largest absolute Gasteiger partial charge is 0.355 e. The van der Waals surface area contributed by atoms with E-state index in [1.165, 1.54) is 10.9 Å². The summed E-state index contributed by atoms with van der Waals surface area (Å²) in [4.78, 5) is 20.7. The molecule has 5 rings (SSSR count). The van der Waals surface area contributed by atoms with Gasteiger partial charge in [-0.25, -0.2) is 0 Å². The molecule has 3 heterocycles. The van der Waals surface area contributed by atoms with Gasteiger partial charge in [0.05, 0.1) is 16.9 Å². The van der Waals surface area contributed by atoms with Crippen molar-refractivity contribution in [3.05, 3.63) is 65.4 Å². The van der Waals surface area contributed by atoms with E-state index < -0.39 is 0 Å². The van der Waals surface area contributed by atoms with Gasteiger partial charge >= 0.3 is 0 Å². The summed E-state index contributed by atoms with van der Waals surface area (Å²) in [5.74, 6) is 0.132. The average Bonchev–Trinajstić information content (AvgIpc) is 3.06. The number of rotatable bonds is 0. The Balaban J connectivity index is 0.000000758. The molecule has 6 heteroatoms. The minimum atomic E-state index is -0.0476. The lowest BCUT2D eigenvalue weighted by molar-refractivity contribution is 0.0634. The van der Waals surface area contributed by atoms with Crippen molar-refractivity contribution in [3.63, 3.8) is 0 Å². The molecule has 3 aromatic rings. The first kappa shape index (κ1) is 17.1. The number of anilines is 1. The maximum atomic E-state index is 12.9. The molecule has 0 fully saturated rings. The Kier molecular flexibility index (Phi) is 4.65. The maximum absolute atomic E-state index is 12.9. The van der Waals surface area contributed by atoms with Gasteiger partial charge in [0.15, 0.2) is 0 Å². The summed E-state index contributed by atoms with van der Waals surface area (Å²) in [6.07, 6.45) is 0.853. The monoisotopic (exact) mass is 557 g/mol. The quantitative estimate of drug-likeness (QED) is 0.392. The third-order valence-corrected chi connectivity index (χ3v) is 5.14. The Labute approximate surface area is 169 Å². The average molecular weight is 557 g/mol. The molecule has 1 N–H and O–H groups in total. The highest BCUT2D eigenvalue weighted by Crippen LogP contribution is 2.42. The molecule has 1 unspecified atom stereocenters. The summed E-state index contributed by atoms with van der Waals surface area (Å²) >= 11 is 4.24. The number of hydrogen-bond donors (Lipinski definition) is 1. The Bertz CT molecular complexity index is 953. The van der Waals surface area contributed by atoms with Crippen molar-refractivity contribution in [1.82, 2.24) is 9.88 Å². The molecule has 0 saturated heterocycles. The summed E-state index contributed by atoms with van der Waals surface area (Å²) in [5, 5.41) is 1.28. The van der Waals surface area contributed by atoms with E-state index in [4.69, 9.17) is 0 Å². The molecule has 1 aromatic heterocycles. The van der Waals surface area contributed by atoms with Gasteiger partial charge in [0.2, 0.25) is 0 Å². The van der Waals surface area contributed by atoms with E-state index >= 15 is 0 Å². The van der Waals surface area contributed by atoms with Gasteiger partial charge in [-0.1, -0.05) is 30.3 Å². The third kappa shape index (κ3) is 2.56. The molecule has 0 bridgehead atoms. The van der Waals surface area contributed by atoms with Gasteiger partial charge in [-0.05, 0) is 30.2 Å². The fraction of sp³-hybridized carbons (Fsp3) is 0.211. The van der Waals surface area contributed by atoms with Crippen LogP contribution < -0.4 is 4.90 Å². The zero-order valence-electron chi connectivity index (χ0n) is 13.7. The summed E-state index contributed by atoms with van der Waals surface area (Å²) in [7, 11) is 2.07. The molecule has 0 spiro atoms. The number of nitrogens with one attached hydrogen (secondary N) is 1. The Morgan fingerprint density at radius 3 is 2.64 bits per heavy atom. The number of nitrogens with zero attached hydrogens (tertiary/aromatic N) is 2. The van der Waals surface area contributed by atoms with Gasteiger partial charge in [0.1, 0.15) is 6.17 Å². The van der Waals surface area contributed by atoms with Gasteiger partial charge < -0.3 is 14.8 Å². The van der Waals surface area contributed by atoms with Crippen molar-refractivity contribution in [3.8, 4) is 0 Å².